The molecular weight excluding hydrogens is 228 g/mol. The molecule has 0 spiro atoms. The number of anilines is 1. The third-order valence-corrected chi connectivity index (χ3v) is 2.80. The van der Waals surface area contributed by atoms with Crippen LogP contribution in [0, 0.1) is 0 Å². The van der Waals surface area contributed by atoms with Crippen LogP contribution in [-0.4, -0.2) is 26.0 Å². The van der Waals surface area contributed by atoms with Crippen LogP contribution >= 0.6 is 0 Å². The Hall–Kier alpha value is -2.50. The van der Waals surface area contributed by atoms with Gasteiger partial charge in [0.2, 0.25) is 0 Å². The van der Waals surface area contributed by atoms with Gasteiger partial charge in [-0.3, -0.25) is 0 Å². The SMILES string of the molecule is C/C=N\Nc1nnc2c3ccccc3n(C)c2n1. The number of hydrogen-bond acceptors (Lipinski definition) is 5. The van der Waals surface area contributed by atoms with Crippen LogP contribution < -0.4 is 5.43 Å². The topological polar surface area (TPSA) is 68.0 Å². The molecule has 0 atom stereocenters. The average Bonchev–Trinajstić information content (AvgIpc) is 2.71. The molecular formula is C12H12N6. The molecule has 3 rings (SSSR count). The van der Waals surface area contributed by atoms with Crippen molar-refractivity contribution >= 4 is 34.2 Å². The first kappa shape index (κ1) is 10.6. The number of nitrogens with one attached hydrogen (secondary N) is 1. The van der Waals surface area contributed by atoms with Gasteiger partial charge in [0.05, 0.1) is 5.52 Å². The summed E-state index contributed by atoms with van der Waals surface area (Å²) in [6.45, 7) is 1.82. The molecule has 6 nitrogen and oxygen atoms in total. The zero-order valence-electron chi connectivity index (χ0n) is 10.1. The van der Waals surface area contributed by atoms with Crippen molar-refractivity contribution in [3.63, 3.8) is 0 Å². The molecule has 0 fully saturated rings. The van der Waals surface area contributed by atoms with Crippen molar-refractivity contribution < 1.29 is 0 Å². The van der Waals surface area contributed by atoms with Crippen LogP contribution in [0.25, 0.3) is 22.1 Å². The van der Waals surface area contributed by atoms with Gasteiger partial charge >= 0.3 is 0 Å². The Bertz CT molecular complexity index is 743. The number of aryl methyl sites for hydroxylation is 1. The molecule has 1 aromatic carbocycles. The summed E-state index contributed by atoms with van der Waals surface area (Å²) in [5.41, 5.74) is 5.41. The minimum absolute atomic E-state index is 0.395. The minimum Gasteiger partial charge on any atom is -0.327 e. The van der Waals surface area contributed by atoms with Gasteiger partial charge in [-0.05, 0) is 13.0 Å². The number of rotatable bonds is 2. The highest BCUT2D eigenvalue weighted by Crippen LogP contribution is 2.24. The first-order valence-corrected chi connectivity index (χ1v) is 5.63. The third-order valence-electron chi connectivity index (χ3n) is 2.80. The normalized spacial score (nSPS) is 11.7. The summed E-state index contributed by atoms with van der Waals surface area (Å²) in [6.07, 6.45) is 1.63. The molecule has 0 aliphatic carbocycles. The summed E-state index contributed by atoms with van der Waals surface area (Å²) in [5.74, 6) is 0.395. The Morgan fingerprint density at radius 3 is 2.94 bits per heavy atom. The maximum absolute atomic E-state index is 4.41. The second kappa shape index (κ2) is 4.06. The van der Waals surface area contributed by atoms with Gasteiger partial charge in [-0.2, -0.15) is 10.1 Å². The lowest BCUT2D eigenvalue weighted by molar-refractivity contribution is 0.949. The molecule has 0 aliphatic heterocycles. The monoisotopic (exact) mass is 240 g/mol. The average molecular weight is 240 g/mol. The number of nitrogens with zero attached hydrogens (tertiary/aromatic N) is 5. The van der Waals surface area contributed by atoms with Crippen molar-refractivity contribution in [1.82, 2.24) is 19.7 Å². The number of para-hydroxylation sites is 1. The van der Waals surface area contributed by atoms with E-state index < -0.39 is 0 Å². The fourth-order valence-corrected chi connectivity index (χ4v) is 1.98. The van der Waals surface area contributed by atoms with E-state index in [4.69, 9.17) is 0 Å². The summed E-state index contributed by atoms with van der Waals surface area (Å²) in [7, 11) is 1.96. The van der Waals surface area contributed by atoms with Gasteiger partial charge in [0, 0.05) is 18.6 Å². The highest BCUT2D eigenvalue weighted by atomic mass is 15.4. The highest BCUT2D eigenvalue weighted by molar-refractivity contribution is 6.04. The lowest BCUT2D eigenvalue weighted by Gasteiger charge is -1.98. The largest absolute Gasteiger partial charge is 0.327 e. The number of hydrazone groups is 1. The molecule has 0 saturated heterocycles. The summed E-state index contributed by atoms with van der Waals surface area (Å²) < 4.78 is 2.00. The fourth-order valence-electron chi connectivity index (χ4n) is 1.98. The van der Waals surface area contributed by atoms with Crippen molar-refractivity contribution in [3.05, 3.63) is 24.3 Å². The van der Waals surface area contributed by atoms with Gasteiger partial charge in [-0.15, -0.1) is 10.2 Å². The molecule has 1 N–H and O–H groups in total. The minimum atomic E-state index is 0.395. The van der Waals surface area contributed by atoms with Crippen LogP contribution in [0.1, 0.15) is 6.92 Å². The van der Waals surface area contributed by atoms with Crippen molar-refractivity contribution in [3.8, 4) is 0 Å². The summed E-state index contributed by atoms with van der Waals surface area (Å²) in [4.78, 5) is 4.41. The lowest BCUT2D eigenvalue weighted by atomic mass is 10.2. The maximum Gasteiger partial charge on any atom is 0.265 e. The first-order valence-electron chi connectivity index (χ1n) is 5.63. The van der Waals surface area contributed by atoms with Crippen molar-refractivity contribution in [1.29, 1.82) is 0 Å². The molecule has 0 radical (unpaired) electrons. The van der Waals surface area contributed by atoms with Crippen LogP contribution in [0.3, 0.4) is 0 Å². The molecule has 90 valence electrons. The Balaban J connectivity index is 2.28. The van der Waals surface area contributed by atoms with Crippen molar-refractivity contribution in [2.45, 2.75) is 6.92 Å². The van der Waals surface area contributed by atoms with E-state index >= 15 is 0 Å². The van der Waals surface area contributed by atoms with Crippen molar-refractivity contribution in [2.24, 2.45) is 12.1 Å². The first-order chi connectivity index (χ1) is 8.81. The number of benzene rings is 1. The van der Waals surface area contributed by atoms with Crippen LogP contribution in [0.5, 0.6) is 0 Å². The molecule has 0 unspecified atom stereocenters. The van der Waals surface area contributed by atoms with E-state index in [0.29, 0.717) is 5.95 Å². The van der Waals surface area contributed by atoms with E-state index in [2.05, 4.69) is 25.7 Å². The molecule has 6 heteroatoms. The Morgan fingerprint density at radius 2 is 2.11 bits per heavy atom. The van der Waals surface area contributed by atoms with Gasteiger partial charge in [-0.1, -0.05) is 18.2 Å². The predicted molar refractivity (Wildman–Crippen MR) is 71.6 cm³/mol. The Morgan fingerprint density at radius 1 is 1.28 bits per heavy atom. The van der Waals surface area contributed by atoms with Crippen LogP contribution in [-0.2, 0) is 7.05 Å². The number of fused-ring (bicyclic) bond motifs is 3. The molecule has 2 heterocycles. The number of aromatic nitrogens is 4. The van der Waals surface area contributed by atoms with Gasteiger partial charge in [0.15, 0.2) is 5.65 Å². The molecule has 0 saturated carbocycles. The molecule has 0 bridgehead atoms. The Kier molecular flexibility index (Phi) is 2.40. The summed E-state index contributed by atoms with van der Waals surface area (Å²) in [6, 6.07) is 8.04. The van der Waals surface area contributed by atoms with E-state index in [1.54, 1.807) is 6.21 Å². The predicted octanol–water partition coefficient (Wildman–Crippen LogP) is 1.93. The summed E-state index contributed by atoms with van der Waals surface area (Å²) in [5, 5.41) is 13.2. The standard InChI is InChI=1S/C12H12N6/c1-3-13-16-12-14-11-10(15-17-12)8-6-4-5-7-9(8)18(11)2/h3-7H,1-2H3,(H,14,16,17)/b13-3-. The van der Waals surface area contributed by atoms with Crippen LogP contribution in [0.2, 0.25) is 0 Å². The lowest BCUT2D eigenvalue weighted by Crippen LogP contribution is -2.00. The third kappa shape index (κ3) is 1.50. The van der Waals surface area contributed by atoms with E-state index in [1.807, 2.05) is 42.8 Å². The molecule has 3 aromatic rings. The molecule has 2 aromatic heterocycles. The zero-order chi connectivity index (χ0) is 12.5. The summed E-state index contributed by atoms with van der Waals surface area (Å²) >= 11 is 0. The van der Waals surface area contributed by atoms with E-state index in [9.17, 15) is 0 Å². The quantitative estimate of drug-likeness (QED) is 0.549. The second-order valence-corrected chi connectivity index (χ2v) is 3.88. The fraction of sp³-hybridized carbons (Fsp3) is 0.167. The van der Waals surface area contributed by atoms with Crippen LogP contribution in [0.4, 0.5) is 5.95 Å². The van der Waals surface area contributed by atoms with Crippen LogP contribution in [0.15, 0.2) is 29.4 Å². The second-order valence-electron chi connectivity index (χ2n) is 3.88. The molecule has 0 aliphatic rings. The van der Waals surface area contributed by atoms with E-state index in [-0.39, 0.29) is 0 Å². The van der Waals surface area contributed by atoms with Gasteiger partial charge < -0.3 is 4.57 Å². The zero-order valence-corrected chi connectivity index (χ0v) is 10.1. The highest BCUT2D eigenvalue weighted by Gasteiger charge is 2.11. The van der Waals surface area contributed by atoms with Crippen molar-refractivity contribution in [2.75, 3.05) is 5.43 Å². The van der Waals surface area contributed by atoms with E-state index in [1.165, 1.54) is 0 Å². The van der Waals surface area contributed by atoms with Gasteiger partial charge in [0.1, 0.15) is 5.52 Å². The molecule has 0 amide bonds. The Labute approximate surface area is 103 Å². The van der Waals surface area contributed by atoms with Gasteiger partial charge in [0.25, 0.3) is 5.95 Å². The number of hydrogen-bond donors (Lipinski definition) is 1. The molecule has 18 heavy (non-hydrogen) atoms. The van der Waals surface area contributed by atoms with Gasteiger partial charge in [-0.25, -0.2) is 5.43 Å². The maximum atomic E-state index is 4.41. The van der Waals surface area contributed by atoms with E-state index in [0.717, 1.165) is 22.1 Å². The smallest absolute Gasteiger partial charge is 0.265 e.